The van der Waals surface area contributed by atoms with Crippen molar-refractivity contribution in [3.63, 3.8) is 0 Å². The minimum Gasteiger partial charge on any atom is -0.379 e. The molecule has 6 aromatic rings. The number of hydrogen-bond acceptors (Lipinski definition) is 16. The van der Waals surface area contributed by atoms with Crippen LogP contribution in [0.4, 0.5) is 23.3 Å². The number of nitrogens with zero attached hydrogens (tertiary/aromatic N) is 11. The van der Waals surface area contributed by atoms with Gasteiger partial charge in [-0.2, -0.15) is 13.9 Å². The molecular formula is C56H57BrCl4N11O12PS2. The summed E-state index contributed by atoms with van der Waals surface area (Å²) in [5.41, 5.74) is -1.28. The van der Waals surface area contributed by atoms with Gasteiger partial charge in [0.1, 0.15) is 11.1 Å². The standard InChI is InChI=1S/C56H57BrCl4N11O12PS2/c1-54(28-36-5-7-38(30-62)8-6-36)51(75)70(53-63-31-48(71(53)54)86(78,79)67-17-15-66(16-18-67)47(73)33-65-19-21-83-22-20-65)43-26-45(60)44(46(61)27-43)34-84-85(77,82-3)56(76)13-4-14-68(35-56)87(80,81)49-32-64-52-69(42-24-40(58)23-41(59)25-42)50(74)55(2,72(49)52)29-37-9-11-39(57)12-10-37/h5-12,23-27,31-32,76H,4,13-22,28-29,33-35H2,1-3H3/t54-,55-,56?,85?/m1/s1. The third-order valence-corrected chi connectivity index (χ3v) is 24.2. The Bertz CT molecular complexity index is 4030. The van der Waals surface area contributed by atoms with Crippen LogP contribution in [-0.4, -0.2) is 162 Å². The van der Waals surface area contributed by atoms with Crippen molar-refractivity contribution in [1.82, 2.24) is 37.5 Å². The molecule has 2 aromatic heterocycles. The molecule has 3 amide bonds. The molecule has 0 bridgehead atoms. The Hall–Kier alpha value is -5.31. The summed E-state index contributed by atoms with van der Waals surface area (Å²) in [4.78, 5) is 58.3. The summed E-state index contributed by atoms with van der Waals surface area (Å²) in [5.74, 6) is -1.40. The molecule has 11 rings (SSSR count). The summed E-state index contributed by atoms with van der Waals surface area (Å²) in [5, 5.41) is 19.0. The zero-order valence-electron chi connectivity index (χ0n) is 47.0. The molecule has 0 aliphatic carbocycles. The quantitative estimate of drug-likeness (QED) is 0.0842. The number of imidazole rings is 2. The number of fused-ring (bicyclic) bond motifs is 2. The monoisotopic (exact) mass is 1390 g/mol. The zero-order chi connectivity index (χ0) is 62.2. The molecule has 3 saturated heterocycles. The highest BCUT2D eigenvalue weighted by Crippen LogP contribution is 2.62. The van der Waals surface area contributed by atoms with Gasteiger partial charge in [-0.3, -0.25) is 33.0 Å². The summed E-state index contributed by atoms with van der Waals surface area (Å²) in [6.07, 6.45) is 1.98. The number of carbonyl (C=O) groups is 3. The van der Waals surface area contributed by atoms with Crippen molar-refractivity contribution in [2.75, 3.05) is 89.0 Å². The highest BCUT2D eigenvalue weighted by Gasteiger charge is 2.57. The molecule has 460 valence electrons. The highest BCUT2D eigenvalue weighted by atomic mass is 79.9. The summed E-state index contributed by atoms with van der Waals surface area (Å²) < 4.78 is 97.4. The number of anilines is 4. The predicted octanol–water partition coefficient (Wildman–Crippen LogP) is 8.29. The van der Waals surface area contributed by atoms with E-state index < -0.39 is 74.1 Å². The number of benzene rings is 4. The number of aliphatic hydroxyl groups is 1. The molecule has 4 aromatic carbocycles. The summed E-state index contributed by atoms with van der Waals surface area (Å²) in [7, 11) is -12.8. The third kappa shape index (κ3) is 11.5. The topological polar surface area (TPSA) is 263 Å². The molecule has 2 unspecified atom stereocenters. The average molecular weight is 1390 g/mol. The van der Waals surface area contributed by atoms with Crippen LogP contribution in [0, 0.1) is 11.3 Å². The van der Waals surface area contributed by atoms with E-state index in [9.17, 15) is 28.4 Å². The SMILES string of the molecule is COP(=O)(OCc1c(Cl)cc(N2C(=O)[C@@](C)(Cc3ccc(C#N)cc3)n3c(S(=O)(=O)N4CCN(C(=O)CN5CCOCC5)CC4)cnc32)cc1Cl)C1(O)CCCN(S(=O)(=O)c2cnc3n2[C@](C)(Cc2ccc(Br)cc2)C(=O)N3c2cc(Cl)cc(Cl)c2)C1. The number of ether oxygens (including phenoxy) is 1. The maximum Gasteiger partial charge on any atom is 0.363 e. The number of β-amino-alcohol motifs (C(OH)–C–C–N with tert-alkyl or cyclic N) is 1. The largest absolute Gasteiger partial charge is 0.379 e. The van der Waals surface area contributed by atoms with Gasteiger partial charge >= 0.3 is 7.60 Å². The Kier molecular flexibility index (Phi) is 17.6. The molecule has 4 atom stereocenters. The van der Waals surface area contributed by atoms with Crippen LogP contribution in [0.25, 0.3) is 0 Å². The van der Waals surface area contributed by atoms with Crippen molar-refractivity contribution in [2.24, 2.45) is 0 Å². The maximum absolute atomic E-state index is 15.2. The molecule has 31 heteroatoms. The average Bonchev–Trinajstić information content (AvgIpc) is 1.57. The van der Waals surface area contributed by atoms with E-state index in [0.717, 1.165) is 22.1 Å². The second-order valence-electron chi connectivity index (χ2n) is 22.1. The number of piperazine rings is 1. The molecular weight excluding hydrogens is 1340 g/mol. The summed E-state index contributed by atoms with van der Waals surface area (Å²) in [6.45, 7) is 4.26. The number of nitriles is 1. The van der Waals surface area contributed by atoms with Crippen LogP contribution in [0.15, 0.2) is 106 Å². The van der Waals surface area contributed by atoms with Crippen molar-refractivity contribution < 1.29 is 54.7 Å². The van der Waals surface area contributed by atoms with E-state index in [-0.39, 0.29) is 125 Å². The number of halogens is 5. The predicted molar refractivity (Wildman–Crippen MR) is 327 cm³/mol. The Morgan fingerprint density at radius 1 is 0.747 bits per heavy atom. The molecule has 23 nitrogen and oxygen atoms in total. The van der Waals surface area contributed by atoms with Gasteiger partial charge in [0.25, 0.3) is 31.9 Å². The number of sulfonamides is 2. The number of rotatable bonds is 17. The van der Waals surface area contributed by atoms with E-state index in [1.165, 1.54) is 59.8 Å². The lowest BCUT2D eigenvalue weighted by atomic mass is 9.91. The van der Waals surface area contributed by atoms with Gasteiger partial charge in [-0.25, -0.2) is 36.6 Å². The molecule has 1 N–H and O–H groups in total. The first kappa shape index (κ1) is 63.3. The van der Waals surface area contributed by atoms with Crippen molar-refractivity contribution in [3.05, 3.63) is 138 Å². The first-order valence-electron chi connectivity index (χ1n) is 27.4. The van der Waals surface area contributed by atoms with E-state index >= 15 is 17.8 Å². The van der Waals surface area contributed by atoms with Crippen LogP contribution in [0.1, 0.15) is 48.9 Å². The maximum atomic E-state index is 15.2. The van der Waals surface area contributed by atoms with Gasteiger partial charge in [-0.05, 0) is 92.4 Å². The second-order valence-corrected chi connectivity index (χ2v) is 31.0. The zero-order valence-corrected chi connectivity index (χ0v) is 54.1. The van der Waals surface area contributed by atoms with Crippen LogP contribution >= 0.6 is 69.9 Å². The van der Waals surface area contributed by atoms with Gasteiger partial charge in [-0.15, -0.1) is 0 Å². The van der Waals surface area contributed by atoms with Crippen molar-refractivity contribution in [3.8, 4) is 6.07 Å². The highest BCUT2D eigenvalue weighted by molar-refractivity contribution is 9.10. The molecule has 0 saturated carbocycles. The Labute approximate surface area is 530 Å². The number of hydrogen-bond donors (Lipinski definition) is 1. The Morgan fingerprint density at radius 2 is 1.25 bits per heavy atom. The van der Waals surface area contributed by atoms with Crippen LogP contribution < -0.4 is 9.80 Å². The minimum atomic E-state index is -4.78. The lowest BCUT2D eigenvalue weighted by Crippen LogP contribution is -2.53. The van der Waals surface area contributed by atoms with Gasteiger partial charge in [0.2, 0.25) is 17.8 Å². The normalized spacial score (nSPS) is 23.0. The number of piperidine rings is 1. The van der Waals surface area contributed by atoms with Gasteiger partial charge in [0.15, 0.2) is 15.4 Å². The molecule has 0 spiro atoms. The van der Waals surface area contributed by atoms with Gasteiger partial charge in [-0.1, -0.05) is 86.6 Å². The van der Waals surface area contributed by atoms with Gasteiger partial charge in [0.05, 0.1) is 68.3 Å². The molecule has 5 aliphatic heterocycles. The molecule has 3 fully saturated rings. The smallest absolute Gasteiger partial charge is 0.363 e. The fourth-order valence-electron chi connectivity index (χ4n) is 11.9. The number of aromatic nitrogens is 4. The lowest BCUT2D eigenvalue weighted by molar-refractivity contribution is -0.134. The van der Waals surface area contributed by atoms with Crippen LogP contribution in [0.3, 0.4) is 0 Å². The number of carbonyl (C=O) groups excluding carboxylic acids is 3. The first-order chi connectivity index (χ1) is 41.2. The summed E-state index contributed by atoms with van der Waals surface area (Å²) >= 11 is 30.2. The van der Waals surface area contributed by atoms with E-state index in [0.29, 0.717) is 43.0 Å². The van der Waals surface area contributed by atoms with E-state index in [2.05, 4.69) is 32.0 Å². The first-order valence-corrected chi connectivity index (χ1v) is 34.1. The number of amides is 3. The van der Waals surface area contributed by atoms with Crippen LogP contribution in [0.2, 0.25) is 20.1 Å². The molecule has 7 heterocycles. The van der Waals surface area contributed by atoms with E-state index in [1.807, 2.05) is 4.90 Å². The van der Waals surface area contributed by atoms with Crippen LogP contribution in [0.5, 0.6) is 0 Å². The third-order valence-electron chi connectivity index (χ3n) is 16.5. The molecule has 87 heavy (non-hydrogen) atoms. The van der Waals surface area contributed by atoms with Crippen molar-refractivity contribution >= 4 is 131 Å². The van der Waals surface area contributed by atoms with Crippen molar-refractivity contribution in [1.29, 1.82) is 5.26 Å². The van der Waals surface area contributed by atoms with Gasteiger partial charge in [0, 0.05) is 95.9 Å². The number of morpholine rings is 1. The fourth-order valence-corrected chi connectivity index (χ4v) is 18.4. The van der Waals surface area contributed by atoms with E-state index in [1.54, 1.807) is 67.3 Å². The second kappa shape index (κ2) is 24.1. The van der Waals surface area contributed by atoms with Crippen molar-refractivity contribution in [2.45, 2.75) is 72.6 Å². The lowest BCUT2D eigenvalue weighted by Gasteiger charge is -2.41. The van der Waals surface area contributed by atoms with Gasteiger partial charge < -0.3 is 23.8 Å². The molecule has 0 radical (unpaired) electrons. The van der Waals surface area contributed by atoms with Crippen LogP contribution in [-0.2, 0) is 83.3 Å². The molecule has 5 aliphatic rings. The Morgan fingerprint density at radius 3 is 1.77 bits per heavy atom. The van der Waals surface area contributed by atoms with E-state index in [4.69, 9.17) is 60.2 Å². The fraction of sp³-hybridized carbons (Fsp3) is 0.393. The minimum absolute atomic E-state index is 0.0163. The summed E-state index contributed by atoms with van der Waals surface area (Å²) in [6, 6.07) is 23.0. The Balaban J connectivity index is 0.854.